The molecule has 0 bridgehead atoms. The van der Waals surface area contributed by atoms with Crippen LogP contribution in [-0.4, -0.2) is 14.0 Å². The fourth-order valence-corrected chi connectivity index (χ4v) is 4.16. The average molecular weight is 286 g/mol. The van der Waals surface area contributed by atoms with Gasteiger partial charge < -0.3 is 5.73 Å². The van der Waals surface area contributed by atoms with Crippen LogP contribution < -0.4 is 10.5 Å². The van der Waals surface area contributed by atoms with Crippen molar-refractivity contribution in [3.63, 3.8) is 0 Å². The fraction of sp³-hybridized carbons (Fsp3) is 0.538. The van der Waals surface area contributed by atoms with Crippen LogP contribution in [0.1, 0.15) is 39.0 Å². The van der Waals surface area contributed by atoms with Crippen LogP contribution in [0.15, 0.2) is 23.1 Å². The highest BCUT2D eigenvalue weighted by Gasteiger charge is 2.32. The first kappa shape index (κ1) is 14.3. The molecule has 1 fully saturated rings. The number of nitrogens with two attached hydrogens (primary N) is 1. The summed E-state index contributed by atoms with van der Waals surface area (Å²) in [4.78, 5) is -0.0549. The molecule has 4 nitrogen and oxygen atoms in total. The zero-order valence-electron chi connectivity index (χ0n) is 10.9. The highest BCUT2D eigenvalue weighted by Crippen LogP contribution is 2.30. The van der Waals surface area contributed by atoms with Crippen LogP contribution in [0.3, 0.4) is 0 Å². The maximum atomic E-state index is 13.0. The Morgan fingerprint density at radius 3 is 2.47 bits per heavy atom. The molecule has 1 aromatic rings. The minimum absolute atomic E-state index is 0.0549. The topological polar surface area (TPSA) is 72.2 Å². The van der Waals surface area contributed by atoms with Gasteiger partial charge in [0.25, 0.3) is 0 Å². The number of hydrogen-bond donors (Lipinski definition) is 2. The summed E-state index contributed by atoms with van der Waals surface area (Å²) in [5.41, 5.74) is 5.10. The molecule has 1 aliphatic rings. The zero-order chi connectivity index (χ0) is 14.1. The van der Waals surface area contributed by atoms with E-state index in [0.717, 1.165) is 44.2 Å². The summed E-state index contributed by atoms with van der Waals surface area (Å²) in [7, 11) is -3.71. The van der Waals surface area contributed by atoms with E-state index in [9.17, 15) is 12.8 Å². The molecule has 0 aromatic heterocycles. The Kier molecular flexibility index (Phi) is 3.82. The Hall–Kier alpha value is -1.14. The molecule has 2 rings (SSSR count). The van der Waals surface area contributed by atoms with Gasteiger partial charge in [0.05, 0.1) is 5.69 Å². The van der Waals surface area contributed by atoms with Gasteiger partial charge in [0, 0.05) is 5.54 Å². The summed E-state index contributed by atoms with van der Waals surface area (Å²) >= 11 is 0. The first-order valence-corrected chi connectivity index (χ1v) is 7.90. The normalized spacial score (nSPS) is 19.3. The standard InChI is InChI=1S/C13H19FN2O2S/c1-13(7-3-2-4-8-13)16-19(17,18)12-6-5-10(14)9-11(12)15/h5-6,9,16H,2-4,7-8,15H2,1H3. The zero-order valence-corrected chi connectivity index (χ0v) is 11.8. The lowest BCUT2D eigenvalue weighted by Crippen LogP contribution is -2.47. The van der Waals surface area contributed by atoms with Crippen molar-refractivity contribution in [2.24, 2.45) is 0 Å². The second-order valence-electron chi connectivity index (χ2n) is 5.41. The molecular formula is C13H19FN2O2S. The molecule has 6 heteroatoms. The number of nitrogens with one attached hydrogen (secondary N) is 1. The number of nitrogen functional groups attached to an aromatic ring is 1. The molecule has 0 saturated heterocycles. The molecule has 0 amide bonds. The molecular weight excluding hydrogens is 267 g/mol. The van der Waals surface area contributed by atoms with E-state index < -0.39 is 21.4 Å². The predicted octanol–water partition coefficient (Wildman–Crippen LogP) is 2.41. The second-order valence-corrected chi connectivity index (χ2v) is 7.06. The van der Waals surface area contributed by atoms with E-state index in [2.05, 4.69) is 4.72 Å². The van der Waals surface area contributed by atoms with E-state index in [1.807, 2.05) is 6.92 Å². The third kappa shape index (κ3) is 3.25. The van der Waals surface area contributed by atoms with Gasteiger partial charge in [-0.2, -0.15) is 0 Å². The van der Waals surface area contributed by atoms with Gasteiger partial charge in [-0.1, -0.05) is 19.3 Å². The monoisotopic (exact) mass is 286 g/mol. The van der Waals surface area contributed by atoms with Gasteiger partial charge in [0.1, 0.15) is 10.7 Å². The van der Waals surface area contributed by atoms with Crippen LogP contribution in [-0.2, 0) is 10.0 Å². The lowest BCUT2D eigenvalue weighted by Gasteiger charge is -2.34. The maximum Gasteiger partial charge on any atom is 0.243 e. The molecule has 0 atom stereocenters. The Morgan fingerprint density at radius 2 is 1.89 bits per heavy atom. The second kappa shape index (κ2) is 5.09. The minimum atomic E-state index is -3.71. The SMILES string of the molecule is CC1(NS(=O)(=O)c2ccc(F)cc2N)CCCCC1. The van der Waals surface area contributed by atoms with Gasteiger partial charge >= 0.3 is 0 Å². The minimum Gasteiger partial charge on any atom is -0.398 e. The van der Waals surface area contributed by atoms with Gasteiger partial charge in [-0.25, -0.2) is 17.5 Å². The van der Waals surface area contributed by atoms with Crippen molar-refractivity contribution < 1.29 is 12.8 Å². The van der Waals surface area contributed by atoms with Gasteiger partial charge in [-0.15, -0.1) is 0 Å². The van der Waals surface area contributed by atoms with Crippen LogP contribution in [0.2, 0.25) is 0 Å². The number of sulfonamides is 1. The Bertz CT molecular complexity index is 566. The molecule has 3 N–H and O–H groups in total. The van der Waals surface area contributed by atoms with Crippen LogP contribution in [0.25, 0.3) is 0 Å². The molecule has 0 spiro atoms. The van der Waals surface area contributed by atoms with Crippen molar-refractivity contribution in [3.05, 3.63) is 24.0 Å². The van der Waals surface area contributed by atoms with Crippen LogP contribution in [0.5, 0.6) is 0 Å². The van der Waals surface area contributed by atoms with E-state index >= 15 is 0 Å². The van der Waals surface area contributed by atoms with E-state index in [1.165, 1.54) is 6.07 Å². The van der Waals surface area contributed by atoms with Gasteiger partial charge in [0.15, 0.2) is 0 Å². The number of hydrogen-bond acceptors (Lipinski definition) is 3. The summed E-state index contributed by atoms with van der Waals surface area (Å²) in [6.45, 7) is 1.91. The molecule has 106 valence electrons. The van der Waals surface area contributed by atoms with E-state index in [-0.39, 0.29) is 10.6 Å². The molecule has 1 aliphatic carbocycles. The molecule has 1 saturated carbocycles. The number of anilines is 1. The smallest absolute Gasteiger partial charge is 0.243 e. The summed E-state index contributed by atoms with van der Waals surface area (Å²) in [6.07, 6.45) is 4.78. The molecule has 0 heterocycles. The highest BCUT2D eigenvalue weighted by molar-refractivity contribution is 7.89. The third-order valence-electron chi connectivity index (χ3n) is 3.60. The summed E-state index contributed by atoms with van der Waals surface area (Å²) in [5, 5.41) is 0. The van der Waals surface area contributed by atoms with Crippen molar-refractivity contribution in [1.82, 2.24) is 4.72 Å². The summed E-state index contributed by atoms with van der Waals surface area (Å²) in [5.74, 6) is -0.541. The van der Waals surface area contributed by atoms with Crippen molar-refractivity contribution in [1.29, 1.82) is 0 Å². The van der Waals surface area contributed by atoms with Crippen molar-refractivity contribution >= 4 is 15.7 Å². The Labute approximate surface area is 113 Å². The van der Waals surface area contributed by atoms with E-state index in [4.69, 9.17) is 5.73 Å². The van der Waals surface area contributed by atoms with Gasteiger partial charge in [-0.05, 0) is 38.0 Å². The first-order valence-electron chi connectivity index (χ1n) is 6.41. The largest absolute Gasteiger partial charge is 0.398 e. The molecule has 0 radical (unpaired) electrons. The third-order valence-corrected chi connectivity index (χ3v) is 5.31. The number of benzene rings is 1. The molecule has 0 unspecified atom stereocenters. The first-order chi connectivity index (χ1) is 8.82. The van der Waals surface area contributed by atoms with Crippen LogP contribution in [0, 0.1) is 5.82 Å². The highest BCUT2D eigenvalue weighted by atomic mass is 32.2. The predicted molar refractivity (Wildman–Crippen MR) is 72.6 cm³/mol. The molecule has 1 aromatic carbocycles. The summed E-state index contributed by atoms with van der Waals surface area (Å²) < 4.78 is 40.3. The average Bonchev–Trinajstić information content (AvgIpc) is 2.27. The lowest BCUT2D eigenvalue weighted by atomic mass is 9.84. The summed E-state index contributed by atoms with van der Waals surface area (Å²) in [6, 6.07) is 3.34. The van der Waals surface area contributed by atoms with Gasteiger partial charge in [-0.3, -0.25) is 0 Å². The van der Waals surface area contributed by atoms with Gasteiger partial charge in [0.2, 0.25) is 10.0 Å². The van der Waals surface area contributed by atoms with Crippen LogP contribution >= 0.6 is 0 Å². The maximum absolute atomic E-state index is 13.0. The van der Waals surface area contributed by atoms with Crippen molar-refractivity contribution in [3.8, 4) is 0 Å². The Balaban J connectivity index is 2.27. The van der Waals surface area contributed by atoms with Crippen LogP contribution in [0.4, 0.5) is 10.1 Å². The fourth-order valence-electron chi connectivity index (χ4n) is 2.58. The van der Waals surface area contributed by atoms with E-state index in [1.54, 1.807) is 0 Å². The quantitative estimate of drug-likeness (QED) is 0.838. The Morgan fingerprint density at radius 1 is 1.26 bits per heavy atom. The number of halogens is 1. The van der Waals surface area contributed by atoms with Crippen molar-refractivity contribution in [2.75, 3.05) is 5.73 Å². The van der Waals surface area contributed by atoms with E-state index in [0.29, 0.717) is 0 Å². The molecule has 19 heavy (non-hydrogen) atoms. The van der Waals surface area contributed by atoms with Crippen molar-refractivity contribution in [2.45, 2.75) is 49.5 Å². The lowest BCUT2D eigenvalue weighted by molar-refractivity contribution is 0.294. The number of rotatable bonds is 3. The molecule has 0 aliphatic heterocycles.